The molecule has 0 aliphatic carbocycles. The number of ether oxygens (including phenoxy) is 4. The molecular formula is C29H34N2O7. The van der Waals surface area contributed by atoms with E-state index in [1.165, 1.54) is 9.80 Å². The zero-order valence-electron chi connectivity index (χ0n) is 22.1. The first-order valence-electron chi connectivity index (χ1n) is 12.8. The summed E-state index contributed by atoms with van der Waals surface area (Å²) in [5.41, 5.74) is 0.758. The number of carbonyl (C=O) groups is 2. The van der Waals surface area contributed by atoms with Crippen molar-refractivity contribution in [3.8, 4) is 23.0 Å². The largest absolute Gasteiger partial charge is 0.872 e. The highest BCUT2D eigenvalue weighted by atomic mass is 16.6. The van der Waals surface area contributed by atoms with Crippen LogP contribution in [0, 0.1) is 0 Å². The number of Topliss-reactive ketones (excluding diaryl/α,β-unsaturated/α-hetero) is 1. The molecule has 2 heterocycles. The Balaban J connectivity index is 1.81. The fourth-order valence-corrected chi connectivity index (χ4v) is 4.62. The molecule has 0 spiro atoms. The number of carbonyl (C=O) groups excluding carboxylic acids is 2. The third-order valence-electron chi connectivity index (χ3n) is 6.35. The quantitative estimate of drug-likeness (QED) is 0.205. The molecule has 1 unspecified atom stereocenters. The second kappa shape index (κ2) is 12.0. The lowest BCUT2D eigenvalue weighted by Crippen LogP contribution is -3.05. The minimum Gasteiger partial charge on any atom is -0.872 e. The van der Waals surface area contributed by atoms with Crippen molar-refractivity contribution in [3.05, 3.63) is 65.8 Å². The Hall–Kier alpha value is -3.98. The summed E-state index contributed by atoms with van der Waals surface area (Å²) in [7, 11) is 4.04. The van der Waals surface area contributed by atoms with Crippen LogP contribution < -0.4 is 29.0 Å². The summed E-state index contributed by atoms with van der Waals surface area (Å²) in [6.45, 7) is 8.12. The molecule has 2 aliphatic rings. The minimum atomic E-state index is -0.861. The Bertz CT molecular complexity index is 1240. The number of likely N-dealkylation sites (tertiary alicyclic amines) is 1. The van der Waals surface area contributed by atoms with Crippen LogP contribution in [0.5, 0.6) is 23.0 Å². The molecular weight excluding hydrogens is 488 g/mol. The minimum absolute atomic E-state index is 0.0916. The zero-order valence-corrected chi connectivity index (χ0v) is 22.1. The smallest absolute Gasteiger partial charge is 0.295 e. The Morgan fingerprint density at radius 1 is 1.11 bits per heavy atom. The standard InChI is InChI=1S/C29H34N2O7/c1-5-14-36-21-10-8-19(17-23(21)35-6-2)26-25(28(33)29(34)31(26)13-7-12-30(3)4)27(32)20-9-11-22-24(18-20)38-16-15-37-22/h5,8-11,17-18,26,32H,1,6-7,12-16H2,2-4H3. The van der Waals surface area contributed by atoms with Gasteiger partial charge in [0.2, 0.25) is 5.78 Å². The van der Waals surface area contributed by atoms with Crippen LogP contribution in [-0.4, -0.2) is 70.2 Å². The summed E-state index contributed by atoms with van der Waals surface area (Å²) in [6.07, 6.45) is 2.30. The molecule has 1 fully saturated rings. The van der Waals surface area contributed by atoms with E-state index in [9.17, 15) is 14.7 Å². The first kappa shape index (κ1) is 27.1. The van der Waals surface area contributed by atoms with Crippen molar-refractivity contribution >= 4 is 17.4 Å². The van der Waals surface area contributed by atoms with Crippen LogP contribution in [0.3, 0.4) is 0 Å². The molecule has 1 N–H and O–H groups in total. The molecule has 0 saturated carbocycles. The maximum Gasteiger partial charge on any atom is 0.295 e. The summed E-state index contributed by atoms with van der Waals surface area (Å²) in [5.74, 6) is -0.0599. The van der Waals surface area contributed by atoms with Gasteiger partial charge in [0.05, 0.1) is 33.3 Å². The van der Waals surface area contributed by atoms with Gasteiger partial charge in [-0.25, -0.2) is 0 Å². The van der Waals surface area contributed by atoms with Gasteiger partial charge < -0.3 is 33.9 Å². The van der Waals surface area contributed by atoms with Crippen LogP contribution in [0.2, 0.25) is 0 Å². The Morgan fingerprint density at radius 3 is 2.58 bits per heavy atom. The molecule has 0 aromatic heterocycles. The average Bonchev–Trinajstić information content (AvgIpc) is 3.16. The van der Waals surface area contributed by atoms with E-state index in [0.29, 0.717) is 68.0 Å². The molecule has 9 nitrogen and oxygen atoms in total. The first-order valence-corrected chi connectivity index (χ1v) is 12.8. The van der Waals surface area contributed by atoms with Gasteiger partial charge in [0.15, 0.2) is 23.0 Å². The number of hydrogen-bond acceptors (Lipinski definition) is 7. The number of quaternary nitrogens is 1. The van der Waals surface area contributed by atoms with Crippen LogP contribution in [0.1, 0.15) is 30.5 Å². The van der Waals surface area contributed by atoms with E-state index in [2.05, 4.69) is 6.58 Å². The lowest BCUT2D eigenvalue weighted by atomic mass is 9.94. The van der Waals surface area contributed by atoms with Crippen LogP contribution in [0.25, 0.3) is 5.76 Å². The van der Waals surface area contributed by atoms with E-state index in [1.807, 2.05) is 21.0 Å². The van der Waals surface area contributed by atoms with Gasteiger partial charge in [-0.1, -0.05) is 30.5 Å². The highest BCUT2D eigenvalue weighted by Crippen LogP contribution is 2.42. The highest BCUT2D eigenvalue weighted by molar-refractivity contribution is 6.46. The maximum absolute atomic E-state index is 13.8. The molecule has 202 valence electrons. The predicted molar refractivity (Wildman–Crippen MR) is 139 cm³/mol. The zero-order chi connectivity index (χ0) is 27.2. The van der Waals surface area contributed by atoms with E-state index in [-0.39, 0.29) is 11.1 Å². The molecule has 2 aromatic carbocycles. The Labute approximate surface area is 222 Å². The van der Waals surface area contributed by atoms with Gasteiger partial charge in [0, 0.05) is 18.5 Å². The normalized spacial score (nSPS) is 18.1. The van der Waals surface area contributed by atoms with E-state index in [0.717, 1.165) is 6.54 Å². The van der Waals surface area contributed by atoms with Gasteiger partial charge in [-0.05, 0) is 42.3 Å². The molecule has 2 aliphatic heterocycles. The third kappa shape index (κ3) is 5.62. The predicted octanol–water partition coefficient (Wildman–Crippen LogP) is 1.18. The fraction of sp³-hybridized carbons (Fsp3) is 0.379. The topological polar surface area (TPSA) is 102 Å². The molecule has 2 aromatic rings. The first-order chi connectivity index (χ1) is 18.3. The fourth-order valence-electron chi connectivity index (χ4n) is 4.62. The van der Waals surface area contributed by atoms with Crippen LogP contribution in [-0.2, 0) is 9.59 Å². The number of rotatable bonds is 11. The molecule has 4 rings (SSSR count). The van der Waals surface area contributed by atoms with E-state index in [1.54, 1.807) is 42.5 Å². The van der Waals surface area contributed by atoms with Crippen molar-refractivity contribution in [1.82, 2.24) is 4.90 Å². The van der Waals surface area contributed by atoms with Crippen LogP contribution in [0.4, 0.5) is 0 Å². The number of nitrogens with zero attached hydrogens (tertiary/aromatic N) is 1. The average molecular weight is 523 g/mol. The van der Waals surface area contributed by atoms with Crippen molar-refractivity contribution in [1.29, 1.82) is 0 Å². The monoisotopic (exact) mass is 522 g/mol. The van der Waals surface area contributed by atoms with Crippen molar-refractivity contribution < 1.29 is 38.5 Å². The van der Waals surface area contributed by atoms with Crippen molar-refractivity contribution in [2.24, 2.45) is 0 Å². The number of amides is 1. The molecule has 1 saturated heterocycles. The van der Waals surface area contributed by atoms with Gasteiger partial charge in [0.1, 0.15) is 19.8 Å². The number of hydrogen-bond donors (Lipinski definition) is 1. The van der Waals surface area contributed by atoms with Crippen molar-refractivity contribution in [2.75, 3.05) is 53.6 Å². The molecule has 38 heavy (non-hydrogen) atoms. The lowest BCUT2D eigenvalue weighted by molar-refractivity contribution is -0.858. The van der Waals surface area contributed by atoms with Crippen LogP contribution >= 0.6 is 0 Å². The lowest BCUT2D eigenvalue weighted by Gasteiger charge is -2.28. The molecule has 1 amide bonds. The summed E-state index contributed by atoms with van der Waals surface area (Å²) in [6, 6.07) is 9.17. The SMILES string of the molecule is C=CCOc1ccc(C2C(=C([O-])c3ccc4c(c3)OCCO4)C(=O)C(=O)N2CCC[NH+](C)C)cc1OCC. The summed E-state index contributed by atoms with van der Waals surface area (Å²) in [4.78, 5) is 29.3. The van der Waals surface area contributed by atoms with Crippen molar-refractivity contribution in [3.63, 3.8) is 0 Å². The van der Waals surface area contributed by atoms with Gasteiger partial charge >= 0.3 is 0 Å². The molecule has 0 bridgehead atoms. The number of ketones is 1. The maximum atomic E-state index is 13.8. The van der Waals surface area contributed by atoms with Crippen LogP contribution in [0.15, 0.2) is 54.6 Å². The molecule has 0 radical (unpaired) electrons. The second-order valence-corrected chi connectivity index (χ2v) is 9.38. The van der Waals surface area contributed by atoms with Gasteiger partial charge in [-0.3, -0.25) is 9.59 Å². The second-order valence-electron chi connectivity index (χ2n) is 9.38. The van der Waals surface area contributed by atoms with E-state index < -0.39 is 23.5 Å². The van der Waals surface area contributed by atoms with E-state index in [4.69, 9.17) is 18.9 Å². The Morgan fingerprint density at radius 2 is 1.87 bits per heavy atom. The van der Waals surface area contributed by atoms with Gasteiger partial charge in [-0.15, -0.1) is 0 Å². The summed E-state index contributed by atoms with van der Waals surface area (Å²) < 4.78 is 22.7. The summed E-state index contributed by atoms with van der Waals surface area (Å²) >= 11 is 0. The Kier molecular flexibility index (Phi) is 8.58. The third-order valence-corrected chi connectivity index (χ3v) is 6.35. The molecule has 9 heteroatoms. The van der Waals surface area contributed by atoms with E-state index >= 15 is 0 Å². The highest BCUT2D eigenvalue weighted by Gasteiger charge is 2.44. The number of nitrogens with one attached hydrogen (secondary N) is 1. The van der Waals surface area contributed by atoms with Gasteiger partial charge in [-0.2, -0.15) is 0 Å². The number of fused-ring (bicyclic) bond motifs is 1. The van der Waals surface area contributed by atoms with Crippen molar-refractivity contribution in [2.45, 2.75) is 19.4 Å². The van der Waals surface area contributed by atoms with Gasteiger partial charge in [0.25, 0.3) is 5.91 Å². The molecule has 1 atom stereocenters. The number of benzene rings is 2. The summed E-state index contributed by atoms with van der Waals surface area (Å²) in [5, 5.41) is 13.8.